The number of rotatable bonds is 5. The molecular weight excluding hydrogens is 248 g/mol. The Balaban J connectivity index is 4.94. The molecule has 0 saturated heterocycles. The van der Waals surface area contributed by atoms with Gasteiger partial charge in [0.2, 0.25) is 0 Å². The number of hydrogen-bond acceptors (Lipinski definition) is 1. The van der Waals surface area contributed by atoms with Crippen LogP contribution in [0.2, 0.25) is 0 Å². The second kappa shape index (κ2) is 5.75. The molecule has 0 amide bonds. The molecule has 0 rings (SSSR count). The minimum absolute atomic E-state index is 0.119. The van der Waals surface area contributed by atoms with Crippen LogP contribution in [0, 0.1) is 5.92 Å². The molecule has 7 heteroatoms. The van der Waals surface area contributed by atoms with E-state index in [0.717, 1.165) is 7.05 Å². The fraction of sp³-hybridized carbons (Fsp3) is 0.800. The lowest BCUT2D eigenvalue weighted by Crippen LogP contribution is -2.50. The van der Waals surface area contributed by atoms with Crippen LogP contribution in [0.4, 0.5) is 26.3 Å². The van der Waals surface area contributed by atoms with E-state index >= 15 is 0 Å². The van der Waals surface area contributed by atoms with Crippen molar-refractivity contribution in [3.63, 3.8) is 0 Å². The molecule has 0 aromatic carbocycles. The molecular formula is C10H15F6N. The van der Waals surface area contributed by atoms with Crippen molar-refractivity contribution in [3.05, 3.63) is 12.2 Å². The normalized spacial score (nSPS) is 15.1. The largest absolute Gasteiger partial charge is 0.401 e. The van der Waals surface area contributed by atoms with E-state index in [1.807, 2.05) is 0 Å². The van der Waals surface area contributed by atoms with Crippen molar-refractivity contribution in [3.8, 4) is 0 Å². The van der Waals surface area contributed by atoms with Crippen molar-refractivity contribution in [1.29, 1.82) is 0 Å². The van der Waals surface area contributed by atoms with Crippen LogP contribution in [0.25, 0.3) is 0 Å². The van der Waals surface area contributed by atoms with Gasteiger partial charge in [0, 0.05) is 6.04 Å². The molecule has 17 heavy (non-hydrogen) atoms. The van der Waals surface area contributed by atoms with Gasteiger partial charge in [0.15, 0.2) is 5.92 Å². The second-order valence-corrected chi connectivity index (χ2v) is 3.95. The van der Waals surface area contributed by atoms with Crippen LogP contribution in [0.3, 0.4) is 0 Å². The standard InChI is InChI=1S/C10H15F6N/c1-6(2)4-5-7(17-3)8(9(11,12)13)10(14,15)16/h7-8,17H,1,4-5H2,2-3H3. The Morgan fingerprint density at radius 2 is 1.53 bits per heavy atom. The number of halogens is 6. The third kappa shape index (κ3) is 5.43. The maximum Gasteiger partial charge on any atom is 0.401 e. The monoisotopic (exact) mass is 263 g/mol. The summed E-state index contributed by atoms with van der Waals surface area (Å²) in [5.41, 5.74) is 0.549. The van der Waals surface area contributed by atoms with E-state index in [2.05, 4.69) is 11.9 Å². The van der Waals surface area contributed by atoms with Crippen LogP contribution in [0.5, 0.6) is 0 Å². The third-order valence-corrected chi connectivity index (χ3v) is 2.36. The van der Waals surface area contributed by atoms with Gasteiger partial charge in [-0.3, -0.25) is 0 Å². The van der Waals surface area contributed by atoms with Gasteiger partial charge < -0.3 is 5.32 Å². The number of alkyl halides is 6. The van der Waals surface area contributed by atoms with E-state index in [9.17, 15) is 26.3 Å². The molecule has 0 aromatic rings. The van der Waals surface area contributed by atoms with Crippen molar-refractivity contribution in [2.75, 3.05) is 7.05 Å². The average molecular weight is 263 g/mol. The number of hydrogen-bond donors (Lipinski definition) is 1. The van der Waals surface area contributed by atoms with Crippen LogP contribution in [0.15, 0.2) is 12.2 Å². The highest BCUT2D eigenvalue weighted by Gasteiger charge is 2.59. The summed E-state index contributed by atoms with van der Waals surface area (Å²) < 4.78 is 74.4. The van der Waals surface area contributed by atoms with Gasteiger partial charge in [-0.15, -0.1) is 6.58 Å². The van der Waals surface area contributed by atoms with E-state index in [1.165, 1.54) is 0 Å². The second-order valence-electron chi connectivity index (χ2n) is 3.95. The fourth-order valence-corrected chi connectivity index (χ4v) is 1.52. The van der Waals surface area contributed by atoms with Crippen molar-refractivity contribution in [2.24, 2.45) is 5.92 Å². The van der Waals surface area contributed by atoms with Crippen molar-refractivity contribution in [1.82, 2.24) is 5.32 Å². The first kappa shape index (κ1) is 16.3. The van der Waals surface area contributed by atoms with E-state index < -0.39 is 24.3 Å². The molecule has 0 aliphatic carbocycles. The number of nitrogens with one attached hydrogen (secondary N) is 1. The van der Waals surface area contributed by atoms with Crippen molar-refractivity contribution in [2.45, 2.75) is 38.2 Å². The van der Waals surface area contributed by atoms with Gasteiger partial charge in [-0.1, -0.05) is 5.57 Å². The Kier molecular flexibility index (Phi) is 5.51. The zero-order valence-corrected chi connectivity index (χ0v) is 9.54. The Bertz CT molecular complexity index is 241. The molecule has 1 nitrogen and oxygen atoms in total. The highest BCUT2D eigenvalue weighted by molar-refractivity contribution is 4.93. The molecule has 0 heterocycles. The van der Waals surface area contributed by atoms with E-state index in [-0.39, 0.29) is 12.8 Å². The van der Waals surface area contributed by atoms with Gasteiger partial charge in [0.25, 0.3) is 0 Å². The van der Waals surface area contributed by atoms with Crippen LogP contribution in [-0.2, 0) is 0 Å². The van der Waals surface area contributed by atoms with Gasteiger partial charge >= 0.3 is 12.4 Å². The van der Waals surface area contributed by atoms with E-state index in [4.69, 9.17) is 0 Å². The molecule has 0 fully saturated rings. The smallest absolute Gasteiger partial charge is 0.316 e. The van der Waals surface area contributed by atoms with E-state index in [1.54, 1.807) is 6.92 Å². The SMILES string of the molecule is C=C(C)CCC(NC)C(C(F)(F)F)C(F)(F)F. The summed E-state index contributed by atoms with van der Waals surface area (Å²) in [6.07, 6.45) is -10.7. The molecule has 1 N–H and O–H groups in total. The summed E-state index contributed by atoms with van der Waals surface area (Å²) in [7, 11) is 1.09. The highest BCUT2D eigenvalue weighted by atomic mass is 19.4. The molecule has 0 aliphatic heterocycles. The molecule has 102 valence electrons. The summed E-state index contributed by atoms with van der Waals surface area (Å²) in [4.78, 5) is 0. The lowest BCUT2D eigenvalue weighted by Gasteiger charge is -2.30. The van der Waals surface area contributed by atoms with Crippen molar-refractivity contribution < 1.29 is 26.3 Å². The summed E-state index contributed by atoms with van der Waals surface area (Å²) in [5.74, 6) is -3.35. The zero-order chi connectivity index (χ0) is 13.9. The molecule has 0 spiro atoms. The lowest BCUT2D eigenvalue weighted by atomic mass is 9.93. The Morgan fingerprint density at radius 3 is 1.76 bits per heavy atom. The maximum atomic E-state index is 12.4. The molecule has 0 saturated carbocycles. The van der Waals surface area contributed by atoms with Crippen molar-refractivity contribution >= 4 is 0 Å². The zero-order valence-electron chi connectivity index (χ0n) is 9.54. The van der Waals surface area contributed by atoms with Crippen LogP contribution < -0.4 is 5.32 Å². The minimum atomic E-state index is -5.30. The average Bonchev–Trinajstić information content (AvgIpc) is 2.06. The first-order valence-corrected chi connectivity index (χ1v) is 4.95. The molecule has 1 unspecified atom stereocenters. The van der Waals surface area contributed by atoms with Gasteiger partial charge in [0.1, 0.15) is 0 Å². The van der Waals surface area contributed by atoms with Gasteiger partial charge in [0.05, 0.1) is 0 Å². The lowest BCUT2D eigenvalue weighted by molar-refractivity contribution is -0.291. The summed E-state index contributed by atoms with van der Waals surface area (Å²) >= 11 is 0. The fourth-order valence-electron chi connectivity index (χ4n) is 1.52. The quantitative estimate of drug-likeness (QED) is 0.589. The molecule has 0 aliphatic rings. The summed E-state index contributed by atoms with van der Waals surface area (Å²) in [5, 5.41) is 2.09. The molecule has 0 bridgehead atoms. The predicted octanol–water partition coefficient (Wildman–Crippen LogP) is 3.67. The van der Waals surface area contributed by atoms with Gasteiger partial charge in [-0.2, -0.15) is 26.3 Å². The van der Waals surface area contributed by atoms with E-state index in [0.29, 0.717) is 5.57 Å². The third-order valence-electron chi connectivity index (χ3n) is 2.36. The van der Waals surface area contributed by atoms with Crippen LogP contribution in [-0.4, -0.2) is 25.4 Å². The summed E-state index contributed by atoms with van der Waals surface area (Å²) in [6, 6.07) is -1.69. The van der Waals surface area contributed by atoms with Gasteiger partial charge in [-0.05, 0) is 26.8 Å². The highest BCUT2D eigenvalue weighted by Crippen LogP contribution is 2.42. The van der Waals surface area contributed by atoms with Crippen LogP contribution >= 0.6 is 0 Å². The molecule has 0 aromatic heterocycles. The first-order chi connectivity index (χ1) is 7.50. The Morgan fingerprint density at radius 1 is 1.12 bits per heavy atom. The molecule has 0 radical (unpaired) electrons. The number of allylic oxidation sites excluding steroid dienone is 1. The predicted molar refractivity (Wildman–Crippen MR) is 52.5 cm³/mol. The minimum Gasteiger partial charge on any atom is -0.316 e. The topological polar surface area (TPSA) is 12.0 Å². The summed E-state index contributed by atoms with van der Waals surface area (Å²) in [6.45, 7) is 5.01. The Hall–Kier alpha value is -0.720. The Labute approximate surface area is 95.9 Å². The first-order valence-electron chi connectivity index (χ1n) is 4.95. The maximum absolute atomic E-state index is 12.4. The van der Waals surface area contributed by atoms with Gasteiger partial charge in [-0.25, -0.2) is 0 Å². The van der Waals surface area contributed by atoms with Crippen LogP contribution in [0.1, 0.15) is 19.8 Å². The molecule has 1 atom stereocenters.